The van der Waals surface area contributed by atoms with Gasteiger partial charge in [0.1, 0.15) is 4.91 Å². The molecule has 0 bridgehead atoms. The summed E-state index contributed by atoms with van der Waals surface area (Å²) in [5.74, 6) is -0.537. The van der Waals surface area contributed by atoms with E-state index in [0.29, 0.717) is 5.56 Å². The van der Waals surface area contributed by atoms with Crippen molar-refractivity contribution in [2.75, 3.05) is 0 Å². The van der Waals surface area contributed by atoms with Crippen molar-refractivity contribution in [3.05, 3.63) is 70.1 Å². The number of hydrogen-bond donors (Lipinski definition) is 1. The van der Waals surface area contributed by atoms with Crippen molar-refractivity contribution in [1.82, 2.24) is 0 Å². The largest absolute Gasteiger partial charge is 0.397 e. The molecule has 0 radical (unpaired) electrons. The fraction of sp³-hybridized carbons (Fsp3) is 0.0625. The van der Waals surface area contributed by atoms with Gasteiger partial charge in [-0.3, -0.25) is 4.79 Å². The van der Waals surface area contributed by atoms with Crippen LogP contribution in [0.3, 0.4) is 0 Å². The van der Waals surface area contributed by atoms with Crippen LogP contribution in [0.2, 0.25) is 0 Å². The number of sulfone groups is 1. The standard InChI is InChI=1S/C16H13NO3S/c1-10-5-4-6-11(9-10)14(17)16-15(18)12-7-2-3-8-13(12)21(16,19)20/h2-9H,17H2,1H3/b16-14+. The summed E-state index contributed by atoms with van der Waals surface area (Å²) in [4.78, 5) is 12.1. The number of nitrogens with two attached hydrogens (primary N) is 1. The van der Waals surface area contributed by atoms with Gasteiger partial charge in [0.25, 0.3) is 0 Å². The molecule has 0 spiro atoms. The summed E-state index contributed by atoms with van der Waals surface area (Å²) >= 11 is 0. The van der Waals surface area contributed by atoms with E-state index in [1.165, 1.54) is 12.1 Å². The first-order valence-corrected chi connectivity index (χ1v) is 7.87. The zero-order valence-electron chi connectivity index (χ0n) is 11.3. The molecule has 2 aromatic carbocycles. The maximum atomic E-state index is 12.5. The van der Waals surface area contributed by atoms with Crippen LogP contribution in [0.4, 0.5) is 0 Å². The third-order valence-electron chi connectivity index (χ3n) is 3.47. The zero-order chi connectivity index (χ0) is 15.2. The third kappa shape index (κ3) is 1.97. The summed E-state index contributed by atoms with van der Waals surface area (Å²) < 4.78 is 25.1. The molecular formula is C16H13NO3S. The lowest BCUT2D eigenvalue weighted by Crippen LogP contribution is -2.11. The number of Topliss-reactive ketones (excluding diaryl/α,β-unsaturated/α-hetero) is 1. The van der Waals surface area contributed by atoms with Gasteiger partial charge in [0.2, 0.25) is 15.6 Å². The van der Waals surface area contributed by atoms with Crippen LogP contribution in [0, 0.1) is 6.92 Å². The van der Waals surface area contributed by atoms with Crippen molar-refractivity contribution in [3.8, 4) is 0 Å². The Balaban J connectivity index is 2.30. The minimum atomic E-state index is -3.85. The number of fused-ring (bicyclic) bond motifs is 1. The molecule has 0 amide bonds. The SMILES string of the molecule is Cc1cccc(/C(N)=C2/C(=O)c3ccccc3S2(=O)=O)c1. The Labute approximate surface area is 122 Å². The summed E-state index contributed by atoms with van der Waals surface area (Å²) in [6, 6.07) is 13.3. The maximum absolute atomic E-state index is 12.5. The van der Waals surface area contributed by atoms with Crippen molar-refractivity contribution in [2.45, 2.75) is 11.8 Å². The molecule has 0 saturated carbocycles. The second kappa shape index (κ2) is 4.56. The van der Waals surface area contributed by atoms with E-state index in [1.807, 2.05) is 13.0 Å². The Kier molecular flexibility index (Phi) is 2.95. The molecule has 106 valence electrons. The first-order valence-electron chi connectivity index (χ1n) is 6.38. The van der Waals surface area contributed by atoms with Gasteiger partial charge in [-0.2, -0.15) is 0 Å². The molecule has 0 unspecified atom stereocenters. The monoisotopic (exact) mass is 299 g/mol. The number of carbonyl (C=O) groups excluding carboxylic acids is 1. The summed E-state index contributed by atoms with van der Waals surface area (Å²) in [5.41, 5.74) is 7.66. The van der Waals surface area contributed by atoms with Crippen LogP contribution in [-0.2, 0) is 9.84 Å². The number of allylic oxidation sites excluding steroid dienone is 1. The first-order chi connectivity index (χ1) is 9.93. The molecule has 0 aromatic heterocycles. The Morgan fingerprint density at radius 3 is 2.43 bits per heavy atom. The van der Waals surface area contributed by atoms with E-state index in [0.717, 1.165) is 5.56 Å². The van der Waals surface area contributed by atoms with Crippen LogP contribution in [0.1, 0.15) is 21.5 Å². The Morgan fingerprint density at radius 2 is 1.76 bits per heavy atom. The lowest BCUT2D eigenvalue weighted by atomic mass is 10.1. The van der Waals surface area contributed by atoms with Gasteiger partial charge in [-0.25, -0.2) is 8.42 Å². The van der Waals surface area contributed by atoms with Gasteiger partial charge in [0.05, 0.1) is 10.6 Å². The molecule has 0 saturated heterocycles. The minimum Gasteiger partial charge on any atom is -0.397 e. The average molecular weight is 299 g/mol. The van der Waals surface area contributed by atoms with Crippen LogP contribution < -0.4 is 5.73 Å². The first kappa shape index (κ1) is 13.6. The number of aryl methyl sites for hydroxylation is 1. The minimum absolute atomic E-state index is 0.0000926. The molecule has 4 nitrogen and oxygen atoms in total. The summed E-state index contributed by atoms with van der Waals surface area (Å²) in [7, 11) is -3.85. The topological polar surface area (TPSA) is 77.2 Å². The highest BCUT2D eigenvalue weighted by Gasteiger charge is 2.40. The van der Waals surface area contributed by atoms with Crippen molar-refractivity contribution >= 4 is 21.3 Å². The van der Waals surface area contributed by atoms with E-state index in [4.69, 9.17) is 5.73 Å². The van der Waals surface area contributed by atoms with Crippen LogP contribution in [0.5, 0.6) is 0 Å². The number of rotatable bonds is 1. The molecule has 5 heteroatoms. The lowest BCUT2D eigenvalue weighted by molar-refractivity contribution is 0.104. The highest BCUT2D eigenvalue weighted by atomic mass is 32.2. The number of hydrogen-bond acceptors (Lipinski definition) is 4. The molecule has 2 N–H and O–H groups in total. The quantitative estimate of drug-likeness (QED) is 0.820. The predicted octanol–water partition coefficient (Wildman–Crippen LogP) is 2.29. The van der Waals surface area contributed by atoms with Gasteiger partial charge in [0.15, 0.2) is 0 Å². The van der Waals surface area contributed by atoms with E-state index >= 15 is 0 Å². The van der Waals surface area contributed by atoms with Gasteiger partial charge in [-0.15, -0.1) is 0 Å². The molecule has 21 heavy (non-hydrogen) atoms. The van der Waals surface area contributed by atoms with Gasteiger partial charge in [0, 0.05) is 5.56 Å². The molecule has 2 aromatic rings. The highest BCUT2D eigenvalue weighted by Crippen LogP contribution is 2.36. The van der Waals surface area contributed by atoms with Crippen LogP contribution >= 0.6 is 0 Å². The normalized spacial score (nSPS) is 18.4. The average Bonchev–Trinajstić information content (AvgIpc) is 2.66. The fourth-order valence-electron chi connectivity index (χ4n) is 2.45. The Morgan fingerprint density at radius 1 is 1.05 bits per heavy atom. The van der Waals surface area contributed by atoms with E-state index in [2.05, 4.69) is 0 Å². The highest BCUT2D eigenvalue weighted by molar-refractivity contribution is 7.97. The molecule has 1 aliphatic rings. The maximum Gasteiger partial charge on any atom is 0.213 e. The molecule has 0 atom stereocenters. The number of carbonyl (C=O) groups is 1. The van der Waals surface area contributed by atoms with Crippen LogP contribution in [0.15, 0.2) is 58.3 Å². The summed E-state index contributed by atoms with van der Waals surface area (Å²) in [6.07, 6.45) is 0. The van der Waals surface area contributed by atoms with Crippen molar-refractivity contribution in [3.63, 3.8) is 0 Å². The van der Waals surface area contributed by atoms with Gasteiger partial charge >= 0.3 is 0 Å². The Bertz CT molecular complexity index is 895. The zero-order valence-corrected chi connectivity index (χ0v) is 12.1. The molecule has 1 aliphatic heterocycles. The summed E-state index contributed by atoms with van der Waals surface area (Å²) in [6.45, 7) is 1.88. The predicted molar refractivity (Wildman–Crippen MR) is 80.2 cm³/mol. The van der Waals surface area contributed by atoms with Gasteiger partial charge in [-0.1, -0.05) is 35.9 Å². The van der Waals surface area contributed by atoms with Crippen LogP contribution in [0.25, 0.3) is 5.70 Å². The second-order valence-electron chi connectivity index (χ2n) is 4.94. The van der Waals surface area contributed by atoms with E-state index in [9.17, 15) is 13.2 Å². The molecule has 3 rings (SSSR count). The smallest absolute Gasteiger partial charge is 0.213 e. The third-order valence-corrected chi connectivity index (χ3v) is 5.35. The Hall–Kier alpha value is -2.40. The van der Waals surface area contributed by atoms with E-state index in [1.54, 1.807) is 30.3 Å². The van der Waals surface area contributed by atoms with Crippen molar-refractivity contribution < 1.29 is 13.2 Å². The van der Waals surface area contributed by atoms with Crippen molar-refractivity contribution in [2.24, 2.45) is 5.73 Å². The summed E-state index contributed by atoms with van der Waals surface area (Å²) in [5, 5.41) is 0. The molecule has 0 fully saturated rings. The molecular weight excluding hydrogens is 286 g/mol. The van der Waals surface area contributed by atoms with Crippen LogP contribution in [-0.4, -0.2) is 14.2 Å². The van der Waals surface area contributed by atoms with Gasteiger partial charge in [-0.05, 0) is 30.7 Å². The van der Waals surface area contributed by atoms with E-state index in [-0.39, 0.29) is 21.1 Å². The molecule has 0 aliphatic carbocycles. The molecule has 1 heterocycles. The lowest BCUT2D eigenvalue weighted by Gasteiger charge is -2.06. The fourth-order valence-corrected chi connectivity index (χ4v) is 4.14. The number of ketones is 1. The van der Waals surface area contributed by atoms with E-state index < -0.39 is 15.6 Å². The second-order valence-corrected chi connectivity index (χ2v) is 6.80. The number of benzene rings is 2. The van der Waals surface area contributed by atoms with Crippen molar-refractivity contribution in [1.29, 1.82) is 0 Å². The van der Waals surface area contributed by atoms with Gasteiger partial charge < -0.3 is 5.73 Å².